The summed E-state index contributed by atoms with van der Waals surface area (Å²) in [4.78, 5) is 28.0. The van der Waals surface area contributed by atoms with E-state index in [1.165, 1.54) is 62.3 Å². The van der Waals surface area contributed by atoms with E-state index in [4.69, 9.17) is 11.6 Å². The SMILES string of the molecule is C.Cc1c(S)sc2ccccc12.Cc1c(SCC(=O)N2CCCc3ccccc32)sc2ccccc12.Cc1csc2ccccc12.O=C(CCl)N1CCCc2ccccc21. The van der Waals surface area contributed by atoms with Gasteiger partial charge in [-0.05, 0) is 126 Å². The van der Waals surface area contributed by atoms with Crippen molar-refractivity contribution in [2.45, 2.75) is 62.3 Å². The van der Waals surface area contributed by atoms with E-state index in [9.17, 15) is 9.59 Å². The van der Waals surface area contributed by atoms with Gasteiger partial charge in [0.05, 0.1) is 14.2 Å². The average Bonchev–Trinajstić information content (AvgIpc) is 3.93. The van der Waals surface area contributed by atoms with E-state index in [1.54, 1.807) is 39.3 Å². The van der Waals surface area contributed by atoms with E-state index < -0.39 is 0 Å². The molecule has 2 aliphatic rings. The van der Waals surface area contributed by atoms with Gasteiger partial charge in [-0.1, -0.05) is 98.4 Å². The number of carbonyl (C=O) groups excluding carboxylic acids is 2. The van der Waals surface area contributed by atoms with Crippen LogP contribution in [-0.2, 0) is 22.4 Å². The lowest BCUT2D eigenvalue weighted by Gasteiger charge is -2.29. The Morgan fingerprint density at radius 3 is 1.67 bits per heavy atom. The predicted octanol–water partition coefficient (Wildman–Crippen LogP) is 14.8. The number of rotatable bonds is 4. The van der Waals surface area contributed by atoms with Crippen LogP contribution in [-0.4, -0.2) is 36.5 Å². The molecule has 3 aromatic heterocycles. The van der Waals surface area contributed by atoms with Crippen molar-refractivity contribution in [3.05, 3.63) is 155 Å². The average molecular weight is 908 g/mol. The maximum Gasteiger partial charge on any atom is 0.241 e. The van der Waals surface area contributed by atoms with Gasteiger partial charge >= 0.3 is 0 Å². The van der Waals surface area contributed by atoms with Crippen LogP contribution in [0.5, 0.6) is 0 Å². The molecule has 8 aromatic rings. The van der Waals surface area contributed by atoms with Crippen LogP contribution in [0.25, 0.3) is 30.3 Å². The number of benzene rings is 5. The monoisotopic (exact) mass is 906 g/mol. The number of alkyl halides is 1. The third kappa shape index (κ3) is 10.7. The lowest BCUT2D eigenvalue weighted by Crippen LogP contribution is -2.36. The summed E-state index contributed by atoms with van der Waals surface area (Å²) in [5, 5.41) is 6.24. The fourth-order valence-electron chi connectivity index (χ4n) is 7.42. The molecule has 0 N–H and O–H groups in total. The molecule has 0 bridgehead atoms. The van der Waals surface area contributed by atoms with E-state index >= 15 is 0 Å². The van der Waals surface area contributed by atoms with Gasteiger partial charge in [0, 0.05) is 38.6 Å². The summed E-state index contributed by atoms with van der Waals surface area (Å²) in [6.07, 6.45) is 4.21. The zero-order chi connectivity index (χ0) is 41.3. The highest BCUT2D eigenvalue weighted by Gasteiger charge is 2.23. The van der Waals surface area contributed by atoms with Crippen LogP contribution < -0.4 is 9.80 Å². The summed E-state index contributed by atoms with van der Waals surface area (Å²) < 4.78 is 6.41. The lowest BCUT2D eigenvalue weighted by atomic mass is 10.0. The van der Waals surface area contributed by atoms with Crippen molar-refractivity contribution in [2.75, 3.05) is 34.5 Å². The summed E-state index contributed by atoms with van der Waals surface area (Å²) >= 11 is 17.0. The number of hydrogen-bond donors (Lipinski definition) is 1. The second kappa shape index (κ2) is 21.6. The largest absolute Gasteiger partial charge is 0.311 e. The second-order valence-corrected chi connectivity index (χ2v) is 19.7. The molecular weight excluding hydrogens is 856 g/mol. The minimum Gasteiger partial charge on any atom is -0.311 e. The molecule has 10 rings (SSSR count). The minimum atomic E-state index is -0.00110. The molecule has 2 aliphatic heterocycles. The number of aryl methyl sites for hydroxylation is 5. The van der Waals surface area contributed by atoms with Crippen LogP contribution in [0.2, 0.25) is 0 Å². The van der Waals surface area contributed by atoms with Gasteiger partial charge in [0.25, 0.3) is 0 Å². The molecule has 0 atom stereocenters. The molecule has 5 heterocycles. The number of amides is 2. The van der Waals surface area contributed by atoms with Crippen molar-refractivity contribution in [1.82, 2.24) is 0 Å². The van der Waals surface area contributed by atoms with Crippen LogP contribution in [0.15, 0.2) is 135 Å². The molecule has 310 valence electrons. The van der Waals surface area contributed by atoms with Crippen molar-refractivity contribution < 1.29 is 9.59 Å². The molecule has 0 saturated carbocycles. The van der Waals surface area contributed by atoms with Gasteiger partial charge in [-0.25, -0.2) is 0 Å². The Labute approximate surface area is 381 Å². The Balaban J connectivity index is 0.000000143. The number of nitrogens with zero attached hydrogens (tertiary/aromatic N) is 2. The molecule has 10 heteroatoms. The minimum absolute atomic E-state index is 0. The van der Waals surface area contributed by atoms with Crippen LogP contribution in [0, 0.1) is 20.8 Å². The van der Waals surface area contributed by atoms with Crippen molar-refractivity contribution in [2.24, 2.45) is 0 Å². The highest BCUT2D eigenvalue weighted by molar-refractivity contribution is 8.02. The van der Waals surface area contributed by atoms with Gasteiger partial charge in [-0.15, -0.1) is 70.0 Å². The van der Waals surface area contributed by atoms with Gasteiger partial charge < -0.3 is 9.80 Å². The smallest absolute Gasteiger partial charge is 0.241 e. The Hall–Kier alpha value is -4.09. The molecule has 5 aromatic carbocycles. The summed E-state index contributed by atoms with van der Waals surface area (Å²) in [5.74, 6) is 0.777. The molecule has 0 aliphatic carbocycles. The molecule has 0 radical (unpaired) electrons. The first-order valence-corrected chi connectivity index (χ1v) is 24.2. The van der Waals surface area contributed by atoms with Crippen LogP contribution in [0.4, 0.5) is 11.4 Å². The Bertz CT molecular complexity index is 2700. The number of thiol groups is 1. The number of hydrogen-bond acceptors (Lipinski definition) is 7. The zero-order valence-electron chi connectivity index (χ0n) is 33.5. The van der Waals surface area contributed by atoms with Crippen molar-refractivity contribution in [1.29, 1.82) is 0 Å². The number of thioether (sulfide) groups is 1. The van der Waals surface area contributed by atoms with Gasteiger partial charge in [-0.2, -0.15) is 0 Å². The van der Waals surface area contributed by atoms with E-state index in [1.807, 2.05) is 40.5 Å². The molecule has 0 saturated heterocycles. The molecule has 60 heavy (non-hydrogen) atoms. The van der Waals surface area contributed by atoms with Gasteiger partial charge in [0.1, 0.15) is 5.88 Å². The molecular formula is C50H51ClN2O2S5. The zero-order valence-corrected chi connectivity index (χ0v) is 38.4. The highest BCUT2D eigenvalue weighted by Crippen LogP contribution is 2.38. The number of para-hydroxylation sites is 2. The molecule has 2 amide bonds. The van der Waals surface area contributed by atoms with Crippen molar-refractivity contribution >= 4 is 123 Å². The Kier molecular flexibility index (Phi) is 16.4. The first-order valence-electron chi connectivity index (χ1n) is 19.8. The summed E-state index contributed by atoms with van der Waals surface area (Å²) in [6.45, 7) is 8.05. The number of thiophene rings is 3. The fourth-order valence-corrected chi connectivity index (χ4v) is 12.2. The van der Waals surface area contributed by atoms with E-state index in [0.717, 1.165) is 54.4 Å². The standard InChI is InChI=1S/C20H19NOS2.C11H12ClNO.C9H8S2.C9H8S.CH4/c1-14-16-9-3-5-11-18(16)24-20(14)23-13-19(22)21-12-6-8-15-7-2-4-10-17(15)21;12-8-11(14)13-7-3-5-9-4-1-2-6-10(9)13;1-6-7-4-2-3-5-8(7)11-9(6)10;1-7-6-10-9-5-3-2-4-8(7)9;/h2-5,7,9-11H,6,8,12-13H2,1H3;1-2,4,6H,3,5,7-8H2;2-5,10H,1H3;2-6H,1H3;1H4. The van der Waals surface area contributed by atoms with Crippen LogP contribution in [0.1, 0.15) is 48.1 Å². The van der Waals surface area contributed by atoms with Gasteiger partial charge in [0.15, 0.2) is 0 Å². The van der Waals surface area contributed by atoms with Gasteiger partial charge in [0.2, 0.25) is 11.8 Å². The molecule has 0 spiro atoms. The Morgan fingerprint density at radius 2 is 1.12 bits per heavy atom. The quantitative estimate of drug-likeness (QED) is 0.109. The predicted molar refractivity (Wildman–Crippen MR) is 269 cm³/mol. The first-order chi connectivity index (χ1) is 28.7. The number of anilines is 2. The lowest BCUT2D eigenvalue weighted by molar-refractivity contribution is -0.117. The summed E-state index contributed by atoms with van der Waals surface area (Å²) in [7, 11) is 0. The van der Waals surface area contributed by atoms with E-state index in [2.05, 4.69) is 136 Å². The van der Waals surface area contributed by atoms with Crippen molar-refractivity contribution in [3.63, 3.8) is 0 Å². The third-order valence-electron chi connectivity index (χ3n) is 10.6. The summed E-state index contributed by atoms with van der Waals surface area (Å²) in [5.41, 5.74) is 8.66. The maximum absolute atomic E-state index is 12.8. The van der Waals surface area contributed by atoms with E-state index in [-0.39, 0.29) is 25.1 Å². The number of fused-ring (bicyclic) bond motifs is 5. The second-order valence-electron chi connectivity index (χ2n) is 14.4. The third-order valence-corrected chi connectivity index (χ3v) is 16.2. The van der Waals surface area contributed by atoms with Gasteiger partial charge in [-0.3, -0.25) is 9.59 Å². The first kappa shape index (κ1) is 45.4. The summed E-state index contributed by atoms with van der Waals surface area (Å²) in [6, 6.07) is 41.7. The van der Waals surface area contributed by atoms with E-state index in [0.29, 0.717) is 5.75 Å². The van der Waals surface area contributed by atoms with Crippen molar-refractivity contribution in [3.8, 4) is 0 Å². The molecule has 4 nitrogen and oxygen atoms in total. The highest BCUT2D eigenvalue weighted by atomic mass is 35.5. The van der Waals surface area contributed by atoms with Crippen LogP contribution >= 0.6 is 70.0 Å². The molecule has 0 fully saturated rings. The van der Waals surface area contributed by atoms with Crippen LogP contribution in [0.3, 0.4) is 0 Å². The topological polar surface area (TPSA) is 40.6 Å². The fraction of sp³-hybridized carbons (Fsp3) is 0.240. The molecule has 0 unspecified atom stereocenters. The number of halogens is 1. The Morgan fingerprint density at radius 1 is 0.633 bits per heavy atom. The maximum atomic E-state index is 12.8. The normalized spacial score (nSPS) is 12.8. The number of carbonyl (C=O) groups is 2.